The highest BCUT2D eigenvalue weighted by Gasteiger charge is 2.29. The molecule has 2 aliphatic rings. The first-order chi connectivity index (χ1) is 7.16. The Morgan fingerprint density at radius 3 is 2.33 bits per heavy atom. The van der Waals surface area contributed by atoms with Crippen LogP contribution in [0.2, 0.25) is 0 Å². The van der Waals surface area contributed by atoms with Crippen LogP contribution in [0.25, 0.3) is 0 Å². The lowest BCUT2D eigenvalue weighted by atomic mass is 9.91. The molecular formula is C11H21N3O. The Kier molecular flexibility index (Phi) is 3.14. The van der Waals surface area contributed by atoms with Gasteiger partial charge in [-0.25, -0.2) is 4.79 Å². The van der Waals surface area contributed by atoms with Crippen LogP contribution in [-0.2, 0) is 0 Å². The molecule has 0 atom stereocenters. The van der Waals surface area contributed by atoms with Crippen molar-refractivity contribution in [1.82, 2.24) is 10.2 Å². The number of urea groups is 1. The second kappa shape index (κ2) is 4.39. The van der Waals surface area contributed by atoms with Gasteiger partial charge in [0.15, 0.2) is 0 Å². The molecule has 0 heterocycles. The van der Waals surface area contributed by atoms with Gasteiger partial charge in [0.1, 0.15) is 0 Å². The second-order valence-electron chi connectivity index (χ2n) is 4.90. The SMILES string of the molecule is CN(C(=O)NC1CC1)C1CCC(N)CC1. The molecule has 2 aliphatic carbocycles. The highest BCUT2D eigenvalue weighted by Crippen LogP contribution is 2.23. The topological polar surface area (TPSA) is 58.4 Å². The van der Waals surface area contributed by atoms with Crippen LogP contribution in [0.3, 0.4) is 0 Å². The summed E-state index contributed by atoms with van der Waals surface area (Å²) in [6, 6.07) is 1.29. The van der Waals surface area contributed by atoms with Crippen LogP contribution in [-0.4, -0.2) is 36.1 Å². The standard InChI is InChI=1S/C11H21N3O/c1-14(11(15)13-9-4-5-9)10-6-2-8(12)3-7-10/h8-10H,2-7,12H2,1H3,(H,13,15). The summed E-state index contributed by atoms with van der Waals surface area (Å²) in [5.41, 5.74) is 5.84. The summed E-state index contributed by atoms with van der Waals surface area (Å²) in [5.74, 6) is 0. The molecule has 0 bridgehead atoms. The zero-order valence-corrected chi connectivity index (χ0v) is 9.41. The van der Waals surface area contributed by atoms with Crippen LogP contribution >= 0.6 is 0 Å². The van der Waals surface area contributed by atoms with Crippen LogP contribution in [0.5, 0.6) is 0 Å². The summed E-state index contributed by atoms with van der Waals surface area (Å²) < 4.78 is 0. The lowest BCUT2D eigenvalue weighted by Crippen LogP contribution is -2.46. The van der Waals surface area contributed by atoms with Crippen LogP contribution in [0, 0.1) is 0 Å². The van der Waals surface area contributed by atoms with E-state index in [1.165, 1.54) is 0 Å². The third-order valence-corrected chi connectivity index (χ3v) is 3.51. The van der Waals surface area contributed by atoms with Crippen molar-refractivity contribution < 1.29 is 4.79 Å². The zero-order chi connectivity index (χ0) is 10.8. The first-order valence-corrected chi connectivity index (χ1v) is 5.95. The van der Waals surface area contributed by atoms with Gasteiger partial charge in [0.2, 0.25) is 0 Å². The first-order valence-electron chi connectivity index (χ1n) is 5.95. The summed E-state index contributed by atoms with van der Waals surface area (Å²) >= 11 is 0. The molecule has 2 amide bonds. The van der Waals surface area contributed by atoms with Crippen molar-refractivity contribution in [3.63, 3.8) is 0 Å². The molecule has 4 heteroatoms. The fraction of sp³-hybridized carbons (Fsp3) is 0.909. The van der Waals surface area contributed by atoms with E-state index in [0.29, 0.717) is 18.1 Å². The van der Waals surface area contributed by atoms with Crippen LogP contribution in [0.15, 0.2) is 0 Å². The van der Waals surface area contributed by atoms with Crippen molar-refractivity contribution in [2.24, 2.45) is 5.73 Å². The number of rotatable bonds is 2. The Labute approximate surface area is 91.2 Å². The largest absolute Gasteiger partial charge is 0.335 e. The number of hydrogen-bond donors (Lipinski definition) is 2. The maximum atomic E-state index is 11.8. The fourth-order valence-electron chi connectivity index (χ4n) is 2.16. The molecule has 3 N–H and O–H groups in total. The van der Waals surface area contributed by atoms with E-state index in [1.807, 2.05) is 11.9 Å². The number of nitrogens with one attached hydrogen (secondary N) is 1. The lowest BCUT2D eigenvalue weighted by Gasteiger charge is -2.33. The van der Waals surface area contributed by atoms with E-state index >= 15 is 0 Å². The van der Waals surface area contributed by atoms with Gasteiger partial charge in [-0.05, 0) is 38.5 Å². The molecule has 0 aromatic rings. The van der Waals surface area contributed by atoms with E-state index in [2.05, 4.69) is 5.32 Å². The first kappa shape index (κ1) is 10.7. The molecule has 15 heavy (non-hydrogen) atoms. The minimum atomic E-state index is 0.0953. The van der Waals surface area contributed by atoms with Crippen LogP contribution in [0.4, 0.5) is 4.79 Å². The van der Waals surface area contributed by atoms with Crippen molar-refractivity contribution >= 4 is 6.03 Å². The molecule has 0 aromatic carbocycles. The molecule has 86 valence electrons. The molecular weight excluding hydrogens is 190 g/mol. The van der Waals surface area contributed by atoms with E-state index in [4.69, 9.17) is 5.73 Å². The Hall–Kier alpha value is -0.770. The molecule has 0 saturated heterocycles. The van der Waals surface area contributed by atoms with E-state index in [1.54, 1.807) is 0 Å². The van der Waals surface area contributed by atoms with Crippen molar-refractivity contribution in [1.29, 1.82) is 0 Å². The number of amides is 2. The van der Waals surface area contributed by atoms with Crippen molar-refractivity contribution in [2.75, 3.05) is 7.05 Å². The Balaban J connectivity index is 1.78. The second-order valence-corrected chi connectivity index (χ2v) is 4.90. The van der Waals surface area contributed by atoms with Crippen LogP contribution in [0.1, 0.15) is 38.5 Å². The third-order valence-electron chi connectivity index (χ3n) is 3.51. The molecule has 4 nitrogen and oxygen atoms in total. The maximum absolute atomic E-state index is 11.8. The Bertz CT molecular complexity index is 232. The van der Waals surface area contributed by atoms with Gasteiger partial charge in [-0.1, -0.05) is 0 Å². The summed E-state index contributed by atoms with van der Waals surface area (Å²) in [6.45, 7) is 0. The predicted molar refractivity (Wildman–Crippen MR) is 59.5 cm³/mol. The Morgan fingerprint density at radius 2 is 1.80 bits per heavy atom. The average molecular weight is 211 g/mol. The minimum Gasteiger partial charge on any atom is -0.335 e. The molecule has 2 fully saturated rings. The van der Waals surface area contributed by atoms with Gasteiger partial charge in [-0.3, -0.25) is 0 Å². The predicted octanol–water partition coefficient (Wildman–Crippen LogP) is 1.06. The van der Waals surface area contributed by atoms with E-state index in [0.717, 1.165) is 38.5 Å². The van der Waals surface area contributed by atoms with Gasteiger partial charge in [0.05, 0.1) is 0 Å². The quantitative estimate of drug-likeness (QED) is 0.717. The van der Waals surface area contributed by atoms with Gasteiger partial charge in [-0.2, -0.15) is 0 Å². The van der Waals surface area contributed by atoms with Crippen molar-refractivity contribution in [2.45, 2.75) is 56.7 Å². The summed E-state index contributed by atoms with van der Waals surface area (Å²) in [5, 5.41) is 3.02. The molecule has 2 saturated carbocycles. The summed E-state index contributed by atoms with van der Waals surface area (Å²) in [6.07, 6.45) is 6.49. The smallest absolute Gasteiger partial charge is 0.317 e. The van der Waals surface area contributed by atoms with Gasteiger partial charge in [0, 0.05) is 25.2 Å². The van der Waals surface area contributed by atoms with Crippen molar-refractivity contribution in [3.8, 4) is 0 Å². The summed E-state index contributed by atoms with van der Waals surface area (Å²) in [4.78, 5) is 13.6. The van der Waals surface area contributed by atoms with Gasteiger partial charge < -0.3 is 16.0 Å². The molecule has 2 rings (SSSR count). The molecule has 0 aliphatic heterocycles. The monoisotopic (exact) mass is 211 g/mol. The molecule has 0 aromatic heterocycles. The average Bonchev–Trinajstić information content (AvgIpc) is 3.02. The summed E-state index contributed by atoms with van der Waals surface area (Å²) in [7, 11) is 1.90. The van der Waals surface area contributed by atoms with Gasteiger partial charge in [-0.15, -0.1) is 0 Å². The van der Waals surface area contributed by atoms with Gasteiger partial charge in [0.25, 0.3) is 0 Å². The fourth-order valence-corrected chi connectivity index (χ4v) is 2.16. The van der Waals surface area contributed by atoms with E-state index < -0.39 is 0 Å². The Morgan fingerprint density at radius 1 is 1.20 bits per heavy atom. The molecule has 0 radical (unpaired) electrons. The highest BCUT2D eigenvalue weighted by molar-refractivity contribution is 5.74. The number of nitrogens with two attached hydrogens (primary N) is 1. The number of carbonyl (C=O) groups is 1. The lowest BCUT2D eigenvalue weighted by molar-refractivity contribution is 0.169. The van der Waals surface area contributed by atoms with E-state index in [9.17, 15) is 4.79 Å². The number of nitrogens with zero attached hydrogens (tertiary/aromatic N) is 1. The van der Waals surface area contributed by atoms with E-state index in [-0.39, 0.29) is 6.03 Å². The van der Waals surface area contributed by atoms with Crippen molar-refractivity contribution in [3.05, 3.63) is 0 Å². The zero-order valence-electron chi connectivity index (χ0n) is 9.41. The normalized spacial score (nSPS) is 31.1. The molecule has 0 spiro atoms. The number of hydrogen-bond acceptors (Lipinski definition) is 2. The van der Waals surface area contributed by atoms with Crippen LogP contribution < -0.4 is 11.1 Å². The maximum Gasteiger partial charge on any atom is 0.317 e. The third kappa shape index (κ3) is 2.84. The minimum absolute atomic E-state index is 0.0953. The number of carbonyl (C=O) groups excluding carboxylic acids is 1. The molecule has 0 unspecified atom stereocenters. The highest BCUT2D eigenvalue weighted by atomic mass is 16.2. The van der Waals surface area contributed by atoms with Gasteiger partial charge >= 0.3 is 6.03 Å².